The molecular weight excluding hydrogens is 288 g/mol. The predicted octanol–water partition coefficient (Wildman–Crippen LogP) is 2.13. The lowest BCUT2D eigenvalue weighted by Gasteiger charge is -2.18. The molecular formula is C15H20N2O3S. The van der Waals surface area contributed by atoms with Gasteiger partial charge < -0.3 is 4.90 Å². The van der Waals surface area contributed by atoms with Crippen molar-refractivity contribution in [3.8, 4) is 0 Å². The first-order valence-corrected chi connectivity index (χ1v) is 8.82. The quantitative estimate of drug-likeness (QED) is 0.910. The molecule has 5 nitrogen and oxygen atoms in total. The Kier molecular flexibility index (Phi) is 3.65. The van der Waals surface area contributed by atoms with Gasteiger partial charge in [0.15, 0.2) is 0 Å². The van der Waals surface area contributed by atoms with Crippen LogP contribution in [0.2, 0.25) is 0 Å². The summed E-state index contributed by atoms with van der Waals surface area (Å²) in [6, 6.07) is 5.98. The Morgan fingerprint density at radius 1 is 1.14 bits per heavy atom. The van der Waals surface area contributed by atoms with Crippen molar-refractivity contribution in [2.24, 2.45) is 11.8 Å². The zero-order valence-electron chi connectivity index (χ0n) is 12.1. The molecule has 0 aromatic heterocycles. The van der Waals surface area contributed by atoms with E-state index in [1.165, 1.54) is 18.6 Å². The van der Waals surface area contributed by atoms with Crippen molar-refractivity contribution >= 4 is 16.1 Å². The fourth-order valence-electron chi connectivity index (χ4n) is 3.36. The Balaban J connectivity index is 1.68. The monoisotopic (exact) mass is 308 g/mol. The maximum Gasteiger partial charge on any atom is 0.331 e. The standard InChI is InChI=1S/C15H20N2O3S/c1-11-5-7-14(8-6-11)21(19,20)16-15(18)17-9-12-3-2-4-13(12)10-17/h5-8,12-13H,2-4,9-10H2,1H3,(H,16,18). The third-order valence-corrected chi connectivity index (χ3v) is 5.90. The lowest BCUT2D eigenvalue weighted by molar-refractivity contribution is 0.211. The minimum Gasteiger partial charge on any atom is -0.323 e. The zero-order valence-corrected chi connectivity index (χ0v) is 12.9. The second-order valence-corrected chi connectivity index (χ2v) is 7.76. The van der Waals surface area contributed by atoms with Gasteiger partial charge in [-0.15, -0.1) is 0 Å². The summed E-state index contributed by atoms with van der Waals surface area (Å²) in [6.07, 6.45) is 3.53. The summed E-state index contributed by atoms with van der Waals surface area (Å²) >= 11 is 0. The Labute approximate surface area is 125 Å². The molecule has 0 bridgehead atoms. The van der Waals surface area contributed by atoms with Gasteiger partial charge in [-0.2, -0.15) is 0 Å². The number of fused-ring (bicyclic) bond motifs is 1. The number of sulfonamides is 1. The van der Waals surface area contributed by atoms with Crippen LogP contribution in [-0.2, 0) is 10.0 Å². The van der Waals surface area contributed by atoms with Crippen molar-refractivity contribution in [2.75, 3.05) is 13.1 Å². The average Bonchev–Trinajstić information content (AvgIpc) is 2.99. The Hall–Kier alpha value is -1.56. The fourth-order valence-corrected chi connectivity index (χ4v) is 4.33. The maximum absolute atomic E-state index is 12.2. The summed E-state index contributed by atoms with van der Waals surface area (Å²) in [7, 11) is -3.78. The van der Waals surface area contributed by atoms with Crippen LogP contribution in [0.4, 0.5) is 4.79 Å². The topological polar surface area (TPSA) is 66.5 Å². The summed E-state index contributed by atoms with van der Waals surface area (Å²) in [4.78, 5) is 13.9. The molecule has 2 unspecified atom stereocenters. The summed E-state index contributed by atoms with van der Waals surface area (Å²) in [5.74, 6) is 1.11. The van der Waals surface area contributed by atoms with E-state index < -0.39 is 16.1 Å². The van der Waals surface area contributed by atoms with Crippen LogP contribution in [0, 0.1) is 18.8 Å². The molecule has 1 aliphatic heterocycles. The largest absolute Gasteiger partial charge is 0.331 e. The van der Waals surface area contributed by atoms with E-state index in [-0.39, 0.29) is 4.90 Å². The SMILES string of the molecule is Cc1ccc(S(=O)(=O)NC(=O)N2CC3CCCC3C2)cc1. The normalized spacial score (nSPS) is 24.9. The highest BCUT2D eigenvalue weighted by molar-refractivity contribution is 7.90. The first kappa shape index (κ1) is 14.4. The Bertz CT molecular complexity index is 627. The second-order valence-electron chi connectivity index (χ2n) is 6.08. The number of carbonyl (C=O) groups is 1. The zero-order chi connectivity index (χ0) is 15.0. The van der Waals surface area contributed by atoms with Gasteiger partial charge in [0.2, 0.25) is 0 Å². The first-order chi connectivity index (χ1) is 9.95. The number of benzene rings is 1. The number of hydrogen-bond acceptors (Lipinski definition) is 3. The third kappa shape index (κ3) is 2.90. The van der Waals surface area contributed by atoms with Crippen molar-refractivity contribution < 1.29 is 13.2 Å². The van der Waals surface area contributed by atoms with Gasteiger partial charge in [0.05, 0.1) is 4.90 Å². The number of nitrogens with zero attached hydrogens (tertiary/aromatic N) is 1. The van der Waals surface area contributed by atoms with Gasteiger partial charge in [0.1, 0.15) is 0 Å². The van der Waals surface area contributed by atoms with Crippen LogP contribution in [0.1, 0.15) is 24.8 Å². The molecule has 114 valence electrons. The number of urea groups is 1. The molecule has 1 saturated carbocycles. The molecule has 1 N–H and O–H groups in total. The summed E-state index contributed by atoms with van der Waals surface area (Å²) in [5, 5.41) is 0. The molecule has 3 rings (SSSR count). The second kappa shape index (κ2) is 5.33. The number of likely N-dealkylation sites (tertiary alicyclic amines) is 1. The molecule has 2 atom stereocenters. The number of aryl methyl sites for hydroxylation is 1. The van der Waals surface area contributed by atoms with E-state index in [1.807, 2.05) is 6.92 Å². The summed E-state index contributed by atoms with van der Waals surface area (Å²) in [6.45, 7) is 3.25. The molecule has 21 heavy (non-hydrogen) atoms. The van der Waals surface area contributed by atoms with Gasteiger partial charge in [0, 0.05) is 13.1 Å². The van der Waals surface area contributed by atoms with Crippen molar-refractivity contribution in [3.05, 3.63) is 29.8 Å². The van der Waals surface area contributed by atoms with Crippen molar-refractivity contribution in [1.29, 1.82) is 0 Å². The van der Waals surface area contributed by atoms with Gasteiger partial charge in [0.25, 0.3) is 10.0 Å². The van der Waals surface area contributed by atoms with Crippen LogP contribution < -0.4 is 4.72 Å². The number of carbonyl (C=O) groups excluding carboxylic acids is 1. The number of nitrogens with one attached hydrogen (secondary N) is 1. The molecule has 1 aromatic carbocycles. The van der Waals surface area contributed by atoms with Crippen LogP contribution in [-0.4, -0.2) is 32.4 Å². The van der Waals surface area contributed by atoms with E-state index >= 15 is 0 Å². The summed E-state index contributed by atoms with van der Waals surface area (Å²) < 4.78 is 26.6. The molecule has 2 amide bonds. The van der Waals surface area contributed by atoms with Crippen LogP contribution in [0.5, 0.6) is 0 Å². The minimum atomic E-state index is -3.78. The van der Waals surface area contributed by atoms with E-state index in [1.54, 1.807) is 17.0 Å². The Morgan fingerprint density at radius 2 is 1.71 bits per heavy atom. The number of amides is 2. The van der Waals surface area contributed by atoms with Crippen LogP contribution in [0.15, 0.2) is 29.2 Å². The predicted molar refractivity (Wildman–Crippen MR) is 79.3 cm³/mol. The van der Waals surface area contributed by atoms with E-state index in [4.69, 9.17) is 0 Å². The molecule has 1 heterocycles. The van der Waals surface area contributed by atoms with Crippen LogP contribution >= 0.6 is 0 Å². The highest BCUT2D eigenvalue weighted by Crippen LogP contribution is 2.37. The fraction of sp³-hybridized carbons (Fsp3) is 0.533. The molecule has 1 aliphatic carbocycles. The third-order valence-electron chi connectivity index (χ3n) is 4.57. The maximum atomic E-state index is 12.2. The van der Waals surface area contributed by atoms with Gasteiger partial charge in [-0.05, 0) is 43.7 Å². The van der Waals surface area contributed by atoms with Gasteiger partial charge in [-0.3, -0.25) is 0 Å². The number of hydrogen-bond donors (Lipinski definition) is 1. The molecule has 2 fully saturated rings. The lowest BCUT2D eigenvalue weighted by atomic mass is 10.0. The van der Waals surface area contributed by atoms with Gasteiger partial charge >= 0.3 is 6.03 Å². The smallest absolute Gasteiger partial charge is 0.323 e. The van der Waals surface area contributed by atoms with Crippen LogP contribution in [0.25, 0.3) is 0 Å². The van der Waals surface area contributed by atoms with Gasteiger partial charge in [-0.1, -0.05) is 24.1 Å². The summed E-state index contributed by atoms with van der Waals surface area (Å²) in [5.41, 5.74) is 0.979. The average molecular weight is 308 g/mol. The molecule has 6 heteroatoms. The lowest BCUT2D eigenvalue weighted by Crippen LogP contribution is -2.42. The molecule has 0 spiro atoms. The van der Waals surface area contributed by atoms with Crippen molar-refractivity contribution in [3.63, 3.8) is 0 Å². The van der Waals surface area contributed by atoms with E-state index in [9.17, 15) is 13.2 Å². The van der Waals surface area contributed by atoms with E-state index in [0.29, 0.717) is 24.9 Å². The number of rotatable bonds is 2. The molecule has 2 aliphatic rings. The van der Waals surface area contributed by atoms with Crippen molar-refractivity contribution in [2.45, 2.75) is 31.1 Å². The van der Waals surface area contributed by atoms with Gasteiger partial charge in [-0.25, -0.2) is 17.9 Å². The first-order valence-electron chi connectivity index (χ1n) is 7.34. The molecule has 0 radical (unpaired) electrons. The molecule has 1 aromatic rings. The van der Waals surface area contributed by atoms with Crippen molar-refractivity contribution in [1.82, 2.24) is 9.62 Å². The van der Waals surface area contributed by atoms with E-state index in [2.05, 4.69) is 4.72 Å². The van der Waals surface area contributed by atoms with E-state index in [0.717, 1.165) is 18.4 Å². The van der Waals surface area contributed by atoms with Crippen LogP contribution in [0.3, 0.4) is 0 Å². The molecule has 1 saturated heterocycles. The highest BCUT2D eigenvalue weighted by atomic mass is 32.2. The highest BCUT2D eigenvalue weighted by Gasteiger charge is 2.38. The minimum absolute atomic E-state index is 0.126. The Morgan fingerprint density at radius 3 is 2.29 bits per heavy atom.